The Kier molecular flexibility index (Phi) is 2.48. The Morgan fingerprint density at radius 3 is 2.50 bits per heavy atom. The Balaban J connectivity index is 2.96. The molecule has 0 aliphatic carbocycles. The summed E-state index contributed by atoms with van der Waals surface area (Å²) in [6, 6.07) is 5.97. The van der Waals surface area contributed by atoms with Crippen LogP contribution in [0.5, 0.6) is 0 Å². The predicted molar refractivity (Wildman–Crippen MR) is 51.3 cm³/mol. The van der Waals surface area contributed by atoms with Gasteiger partial charge in [0.25, 0.3) is 0 Å². The van der Waals surface area contributed by atoms with E-state index in [1.165, 1.54) is 0 Å². The van der Waals surface area contributed by atoms with E-state index in [1.807, 2.05) is 37.2 Å². The molecule has 1 heterocycles. The molecule has 2 nitrogen and oxygen atoms in total. The maximum Gasteiger partial charge on any atom is 0.129 e. The zero-order valence-corrected chi connectivity index (χ0v) is 8.16. The van der Waals surface area contributed by atoms with Crippen molar-refractivity contribution in [1.82, 2.24) is 4.98 Å². The molecule has 0 fully saturated rings. The molecule has 0 spiro atoms. The van der Waals surface area contributed by atoms with Crippen LogP contribution in [0.15, 0.2) is 18.2 Å². The third-order valence-corrected chi connectivity index (χ3v) is 1.76. The second kappa shape index (κ2) is 3.18. The number of anilines is 1. The molecule has 0 N–H and O–H groups in total. The smallest absolute Gasteiger partial charge is 0.129 e. The van der Waals surface area contributed by atoms with E-state index in [4.69, 9.17) is 0 Å². The molecule has 1 aromatic heterocycles. The molecule has 0 amide bonds. The highest BCUT2D eigenvalue weighted by Crippen LogP contribution is 2.08. The monoisotopic (exact) mass is 248 g/mol. The molecule has 0 saturated carbocycles. The topological polar surface area (TPSA) is 16.1 Å². The van der Waals surface area contributed by atoms with Crippen molar-refractivity contribution < 1.29 is 0 Å². The van der Waals surface area contributed by atoms with Crippen LogP contribution in [0.1, 0.15) is 0 Å². The first kappa shape index (κ1) is 7.78. The van der Waals surface area contributed by atoms with Crippen LogP contribution in [0.25, 0.3) is 0 Å². The molecule has 0 aliphatic heterocycles. The largest absolute Gasteiger partial charge is 0.363 e. The van der Waals surface area contributed by atoms with E-state index in [-0.39, 0.29) is 0 Å². The minimum Gasteiger partial charge on any atom is -0.363 e. The Bertz CT molecular complexity index is 223. The SMILES string of the molecule is CN(C)c1cccc(I)n1. The van der Waals surface area contributed by atoms with Gasteiger partial charge in [-0.1, -0.05) is 6.07 Å². The molecule has 1 aromatic rings. The third-order valence-electron chi connectivity index (χ3n) is 1.16. The summed E-state index contributed by atoms with van der Waals surface area (Å²) in [5, 5.41) is 0. The van der Waals surface area contributed by atoms with Gasteiger partial charge in [-0.3, -0.25) is 0 Å². The lowest BCUT2D eigenvalue weighted by Gasteiger charge is -2.09. The molecular formula is C7H9IN2. The number of pyridine rings is 1. The van der Waals surface area contributed by atoms with E-state index < -0.39 is 0 Å². The average molecular weight is 248 g/mol. The fourth-order valence-electron chi connectivity index (χ4n) is 0.647. The minimum absolute atomic E-state index is 1.01. The lowest BCUT2D eigenvalue weighted by molar-refractivity contribution is 1.06. The number of aromatic nitrogens is 1. The van der Waals surface area contributed by atoms with Crippen molar-refractivity contribution in [1.29, 1.82) is 0 Å². The van der Waals surface area contributed by atoms with Crippen LogP contribution in [0.2, 0.25) is 0 Å². The first-order valence-electron chi connectivity index (χ1n) is 3.00. The molecule has 54 valence electrons. The van der Waals surface area contributed by atoms with Crippen molar-refractivity contribution in [2.75, 3.05) is 19.0 Å². The fourth-order valence-corrected chi connectivity index (χ4v) is 1.10. The number of hydrogen-bond donors (Lipinski definition) is 0. The maximum atomic E-state index is 4.29. The van der Waals surface area contributed by atoms with Gasteiger partial charge in [0.15, 0.2) is 0 Å². The highest BCUT2D eigenvalue weighted by atomic mass is 127. The van der Waals surface area contributed by atoms with Crippen molar-refractivity contribution in [3.05, 3.63) is 21.9 Å². The summed E-state index contributed by atoms with van der Waals surface area (Å²) in [6.07, 6.45) is 0. The van der Waals surface area contributed by atoms with E-state index in [1.54, 1.807) is 0 Å². The number of nitrogens with zero attached hydrogens (tertiary/aromatic N) is 2. The summed E-state index contributed by atoms with van der Waals surface area (Å²) in [5.41, 5.74) is 0. The van der Waals surface area contributed by atoms with Crippen molar-refractivity contribution in [2.24, 2.45) is 0 Å². The van der Waals surface area contributed by atoms with Crippen LogP contribution >= 0.6 is 22.6 Å². The second-order valence-electron chi connectivity index (χ2n) is 2.21. The highest BCUT2D eigenvalue weighted by Gasteiger charge is 1.94. The lowest BCUT2D eigenvalue weighted by atomic mass is 10.4. The van der Waals surface area contributed by atoms with E-state index >= 15 is 0 Å². The third kappa shape index (κ3) is 1.83. The van der Waals surface area contributed by atoms with Gasteiger partial charge in [0.1, 0.15) is 9.52 Å². The quantitative estimate of drug-likeness (QED) is 0.556. The van der Waals surface area contributed by atoms with Crippen LogP contribution in [0, 0.1) is 3.70 Å². The van der Waals surface area contributed by atoms with Crippen LogP contribution in [-0.2, 0) is 0 Å². The van der Waals surface area contributed by atoms with E-state index in [2.05, 4.69) is 27.6 Å². The van der Waals surface area contributed by atoms with Crippen LogP contribution in [0.4, 0.5) is 5.82 Å². The first-order valence-corrected chi connectivity index (χ1v) is 4.08. The summed E-state index contributed by atoms with van der Waals surface area (Å²) in [7, 11) is 3.97. The van der Waals surface area contributed by atoms with E-state index in [0.717, 1.165) is 9.52 Å². The van der Waals surface area contributed by atoms with Gasteiger partial charge in [-0.2, -0.15) is 0 Å². The van der Waals surface area contributed by atoms with E-state index in [9.17, 15) is 0 Å². The van der Waals surface area contributed by atoms with E-state index in [0.29, 0.717) is 0 Å². The van der Waals surface area contributed by atoms with Gasteiger partial charge in [-0.15, -0.1) is 0 Å². The number of halogens is 1. The predicted octanol–water partition coefficient (Wildman–Crippen LogP) is 1.75. The zero-order valence-electron chi connectivity index (χ0n) is 6.00. The zero-order chi connectivity index (χ0) is 7.56. The Hall–Kier alpha value is -0.320. The molecule has 0 bridgehead atoms. The highest BCUT2D eigenvalue weighted by molar-refractivity contribution is 14.1. The maximum absolute atomic E-state index is 4.29. The molecule has 0 saturated heterocycles. The molecule has 0 unspecified atom stereocenters. The fraction of sp³-hybridized carbons (Fsp3) is 0.286. The lowest BCUT2D eigenvalue weighted by Crippen LogP contribution is -2.10. The molecule has 1 rings (SSSR count). The molecular weight excluding hydrogens is 239 g/mol. The minimum atomic E-state index is 1.01. The van der Waals surface area contributed by atoms with Crippen molar-refractivity contribution >= 4 is 28.4 Å². The second-order valence-corrected chi connectivity index (χ2v) is 3.32. The van der Waals surface area contributed by atoms with Crippen LogP contribution in [0.3, 0.4) is 0 Å². The molecule has 0 radical (unpaired) electrons. The Labute approximate surface area is 74.4 Å². The summed E-state index contributed by atoms with van der Waals surface area (Å²) in [4.78, 5) is 6.27. The molecule has 10 heavy (non-hydrogen) atoms. The van der Waals surface area contributed by atoms with Crippen LogP contribution in [-0.4, -0.2) is 19.1 Å². The van der Waals surface area contributed by atoms with Gasteiger partial charge in [-0.25, -0.2) is 4.98 Å². The number of rotatable bonds is 1. The van der Waals surface area contributed by atoms with Gasteiger partial charge in [-0.05, 0) is 34.7 Å². The average Bonchev–Trinajstić information content (AvgIpc) is 1.88. The van der Waals surface area contributed by atoms with Crippen molar-refractivity contribution in [3.63, 3.8) is 0 Å². The van der Waals surface area contributed by atoms with Crippen LogP contribution < -0.4 is 4.90 Å². The molecule has 0 atom stereocenters. The van der Waals surface area contributed by atoms with Gasteiger partial charge in [0.05, 0.1) is 0 Å². The summed E-state index contributed by atoms with van der Waals surface area (Å²) in [6.45, 7) is 0. The van der Waals surface area contributed by atoms with Gasteiger partial charge in [0, 0.05) is 14.1 Å². The summed E-state index contributed by atoms with van der Waals surface area (Å²) < 4.78 is 1.03. The summed E-state index contributed by atoms with van der Waals surface area (Å²) in [5.74, 6) is 1.01. The van der Waals surface area contributed by atoms with Crippen molar-refractivity contribution in [2.45, 2.75) is 0 Å². The number of hydrogen-bond acceptors (Lipinski definition) is 2. The Morgan fingerprint density at radius 2 is 2.10 bits per heavy atom. The van der Waals surface area contributed by atoms with Crippen molar-refractivity contribution in [3.8, 4) is 0 Å². The van der Waals surface area contributed by atoms with Gasteiger partial charge < -0.3 is 4.90 Å². The first-order chi connectivity index (χ1) is 4.70. The normalized spacial score (nSPS) is 9.50. The van der Waals surface area contributed by atoms with Gasteiger partial charge >= 0.3 is 0 Å². The molecule has 0 aromatic carbocycles. The standard InChI is InChI=1S/C7H9IN2/c1-10(2)7-5-3-4-6(8)9-7/h3-5H,1-2H3. The Morgan fingerprint density at radius 1 is 1.40 bits per heavy atom. The van der Waals surface area contributed by atoms with Gasteiger partial charge in [0.2, 0.25) is 0 Å². The summed E-state index contributed by atoms with van der Waals surface area (Å²) >= 11 is 2.20. The molecule has 0 aliphatic rings. The molecule has 3 heteroatoms.